The van der Waals surface area contributed by atoms with Crippen molar-refractivity contribution in [1.29, 1.82) is 0 Å². The van der Waals surface area contributed by atoms with Crippen LogP contribution in [0.5, 0.6) is 5.75 Å². The van der Waals surface area contributed by atoms with Crippen LogP contribution < -0.4 is 10.1 Å². The predicted molar refractivity (Wildman–Crippen MR) is 74.4 cm³/mol. The third-order valence-electron chi connectivity index (χ3n) is 4.14. The number of fused-ring (bicyclic) bond motifs is 1. The van der Waals surface area contributed by atoms with Crippen molar-refractivity contribution < 1.29 is 4.74 Å². The van der Waals surface area contributed by atoms with Gasteiger partial charge in [0, 0.05) is 37.3 Å². The van der Waals surface area contributed by atoms with E-state index in [1.165, 1.54) is 11.3 Å². The molecule has 1 N–H and O–H groups in total. The molecule has 18 heavy (non-hydrogen) atoms. The number of nitrogens with one attached hydrogen (secondary N) is 1. The number of hydrogen-bond donors (Lipinski definition) is 1. The van der Waals surface area contributed by atoms with Crippen LogP contribution >= 0.6 is 0 Å². The molecule has 0 aliphatic carbocycles. The van der Waals surface area contributed by atoms with Crippen molar-refractivity contribution in [2.24, 2.45) is 0 Å². The molecular formula is C15H22N2O. The summed E-state index contributed by atoms with van der Waals surface area (Å²) >= 11 is 0. The fourth-order valence-corrected chi connectivity index (χ4v) is 3.05. The van der Waals surface area contributed by atoms with Crippen molar-refractivity contribution in [3.63, 3.8) is 0 Å². The van der Waals surface area contributed by atoms with Gasteiger partial charge in [-0.05, 0) is 32.0 Å². The van der Waals surface area contributed by atoms with E-state index in [4.69, 9.17) is 4.74 Å². The zero-order chi connectivity index (χ0) is 12.6. The quantitative estimate of drug-likeness (QED) is 0.887. The van der Waals surface area contributed by atoms with Gasteiger partial charge in [0.2, 0.25) is 0 Å². The summed E-state index contributed by atoms with van der Waals surface area (Å²) in [4.78, 5) is 2.46. The van der Waals surface area contributed by atoms with Crippen molar-refractivity contribution in [1.82, 2.24) is 4.90 Å². The third-order valence-corrected chi connectivity index (χ3v) is 4.14. The third kappa shape index (κ3) is 2.07. The van der Waals surface area contributed by atoms with Gasteiger partial charge in [-0.2, -0.15) is 0 Å². The average molecular weight is 246 g/mol. The number of nitrogens with zero attached hydrogens (tertiary/aromatic N) is 1. The van der Waals surface area contributed by atoms with E-state index < -0.39 is 0 Å². The highest BCUT2D eigenvalue weighted by Crippen LogP contribution is 2.35. The molecule has 0 radical (unpaired) electrons. The van der Waals surface area contributed by atoms with Gasteiger partial charge < -0.3 is 10.1 Å². The maximum Gasteiger partial charge on any atom is 0.125 e. The smallest absolute Gasteiger partial charge is 0.125 e. The molecule has 0 aromatic heterocycles. The average Bonchev–Trinajstić information content (AvgIpc) is 2.96. The molecule has 1 saturated heterocycles. The molecular weight excluding hydrogens is 224 g/mol. The number of hydrogen-bond acceptors (Lipinski definition) is 3. The van der Waals surface area contributed by atoms with Crippen LogP contribution in [0.2, 0.25) is 0 Å². The van der Waals surface area contributed by atoms with Crippen molar-refractivity contribution in [2.75, 3.05) is 31.5 Å². The van der Waals surface area contributed by atoms with Crippen LogP contribution in [-0.4, -0.2) is 36.7 Å². The second kappa shape index (κ2) is 4.47. The summed E-state index contributed by atoms with van der Waals surface area (Å²) in [5, 5.41) is 3.41. The molecule has 2 heterocycles. The van der Waals surface area contributed by atoms with E-state index in [1.807, 2.05) is 0 Å². The van der Waals surface area contributed by atoms with E-state index in [0.29, 0.717) is 0 Å². The van der Waals surface area contributed by atoms with E-state index in [1.54, 1.807) is 0 Å². The van der Waals surface area contributed by atoms with Gasteiger partial charge in [-0.15, -0.1) is 0 Å². The Balaban J connectivity index is 1.79. The molecule has 0 spiro atoms. The van der Waals surface area contributed by atoms with Crippen LogP contribution in [0.4, 0.5) is 5.69 Å². The van der Waals surface area contributed by atoms with E-state index in [2.05, 4.69) is 42.3 Å². The van der Waals surface area contributed by atoms with Gasteiger partial charge in [-0.3, -0.25) is 4.90 Å². The fraction of sp³-hybridized carbons (Fsp3) is 0.600. The van der Waals surface area contributed by atoms with Crippen molar-refractivity contribution in [3.8, 4) is 5.75 Å². The van der Waals surface area contributed by atoms with Gasteiger partial charge in [-0.1, -0.05) is 13.0 Å². The topological polar surface area (TPSA) is 24.5 Å². The molecule has 1 fully saturated rings. The summed E-state index contributed by atoms with van der Waals surface area (Å²) in [6.45, 7) is 8.81. The molecule has 0 amide bonds. The zero-order valence-corrected chi connectivity index (χ0v) is 11.3. The molecule has 2 aliphatic rings. The van der Waals surface area contributed by atoms with Crippen LogP contribution in [0.15, 0.2) is 18.2 Å². The fourth-order valence-electron chi connectivity index (χ4n) is 3.05. The minimum absolute atomic E-state index is 0.0201. The summed E-state index contributed by atoms with van der Waals surface area (Å²) in [6.07, 6.45) is 2.21. The Labute approximate surface area is 109 Å². The first-order valence-corrected chi connectivity index (χ1v) is 6.97. The predicted octanol–water partition coefficient (Wildman–Crippen LogP) is 2.52. The number of benzene rings is 1. The molecule has 0 bridgehead atoms. The zero-order valence-electron chi connectivity index (χ0n) is 11.3. The standard InChI is InChI=1S/C15H22N2O/c1-3-17-10-8-15(2,11-17)18-14-6-4-5-13-12(14)7-9-16-13/h4-6,16H,3,7-11H2,1-2H3. The molecule has 1 aromatic carbocycles. The number of rotatable bonds is 3. The van der Waals surface area contributed by atoms with E-state index in [-0.39, 0.29) is 5.60 Å². The lowest BCUT2D eigenvalue weighted by Crippen LogP contribution is -2.36. The largest absolute Gasteiger partial charge is 0.486 e. The molecule has 3 rings (SSSR count). The first-order chi connectivity index (χ1) is 8.70. The Hall–Kier alpha value is -1.22. The number of likely N-dealkylation sites (N-methyl/N-ethyl adjacent to an activating group) is 1. The Morgan fingerprint density at radius 1 is 1.44 bits per heavy atom. The van der Waals surface area contributed by atoms with E-state index in [9.17, 15) is 0 Å². The van der Waals surface area contributed by atoms with E-state index >= 15 is 0 Å². The summed E-state index contributed by atoms with van der Waals surface area (Å²) in [5.74, 6) is 1.08. The van der Waals surface area contributed by atoms with Crippen LogP contribution in [0.25, 0.3) is 0 Å². The van der Waals surface area contributed by atoms with Crippen molar-refractivity contribution in [2.45, 2.75) is 32.3 Å². The first-order valence-electron chi connectivity index (χ1n) is 6.97. The molecule has 1 aromatic rings. The second-order valence-corrected chi connectivity index (χ2v) is 5.63. The molecule has 3 nitrogen and oxygen atoms in total. The Kier molecular flexibility index (Phi) is 2.94. The highest BCUT2D eigenvalue weighted by atomic mass is 16.5. The van der Waals surface area contributed by atoms with Crippen molar-refractivity contribution >= 4 is 5.69 Å². The van der Waals surface area contributed by atoms with Crippen LogP contribution in [-0.2, 0) is 6.42 Å². The summed E-state index contributed by atoms with van der Waals surface area (Å²) in [5.41, 5.74) is 2.59. The Bertz CT molecular complexity index is 446. The molecule has 2 aliphatic heterocycles. The Morgan fingerprint density at radius 3 is 3.11 bits per heavy atom. The summed E-state index contributed by atoms with van der Waals surface area (Å²) in [6, 6.07) is 6.35. The second-order valence-electron chi connectivity index (χ2n) is 5.63. The molecule has 3 heteroatoms. The monoisotopic (exact) mass is 246 g/mol. The lowest BCUT2D eigenvalue weighted by Gasteiger charge is -2.27. The lowest BCUT2D eigenvalue weighted by molar-refractivity contribution is 0.0960. The van der Waals surface area contributed by atoms with Gasteiger partial charge in [0.25, 0.3) is 0 Å². The highest BCUT2D eigenvalue weighted by Gasteiger charge is 2.35. The number of anilines is 1. The normalized spacial score (nSPS) is 27.0. The summed E-state index contributed by atoms with van der Waals surface area (Å²) < 4.78 is 6.36. The van der Waals surface area contributed by atoms with Crippen molar-refractivity contribution in [3.05, 3.63) is 23.8 Å². The van der Waals surface area contributed by atoms with E-state index in [0.717, 1.165) is 44.8 Å². The lowest BCUT2D eigenvalue weighted by atomic mass is 10.1. The minimum Gasteiger partial charge on any atom is -0.486 e. The van der Waals surface area contributed by atoms with Crippen LogP contribution in [0, 0.1) is 0 Å². The first kappa shape index (κ1) is 11.8. The van der Waals surface area contributed by atoms with Gasteiger partial charge in [-0.25, -0.2) is 0 Å². The molecule has 98 valence electrons. The Morgan fingerprint density at radius 2 is 2.33 bits per heavy atom. The summed E-state index contributed by atoms with van der Waals surface area (Å²) in [7, 11) is 0. The van der Waals surface area contributed by atoms with Gasteiger partial charge in [0.05, 0.1) is 0 Å². The van der Waals surface area contributed by atoms with Gasteiger partial charge >= 0.3 is 0 Å². The molecule has 1 atom stereocenters. The SMILES string of the molecule is CCN1CCC(C)(Oc2cccc3c2CCN3)C1. The van der Waals surface area contributed by atoms with Gasteiger partial charge in [0.1, 0.15) is 11.4 Å². The number of likely N-dealkylation sites (tertiary alicyclic amines) is 1. The molecule has 1 unspecified atom stereocenters. The maximum atomic E-state index is 6.36. The van der Waals surface area contributed by atoms with Crippen LogP contribution in [0.3, 0.4) is 0 Å². The number of ether oxygens (including phenoxy) is 1. The maximum absolute atomic E-state index is 6.36. The minimum atomic E-state index is -0.0201. The van der Waals surface area contributed by atoms with Gasteiger partial charge in [0.15, 0.2) is 0 Å². The molecule has 0 saturated carbocycles. The highest BCUT2D eigenvalue weighted by molar-refractivity contribution is 5.61. The van der Waals surface area contributed by atoms with Crippen LogP contribution in [0.1, 0.15) is 25.8 Å².